The first-order chi connectivity index (χ1) is 17.7. The van der Waals surface area contributed by atoms with E-state index in [9.17, 15) is 5.11 Å². The Kier molecular flexibility index (Phi) is 6.12. The lowest BCUT2D eigenvalue weighted by Crippen LogP contribution is -2.40. The highest BCUT2D eigenvalue weighted by Gasteiger charge is 2.24. The average Bonchev–Trinajstić information content (AvgIpc) is 3.66. The molecule has 0 bridgehead atoms. The third kappa shape index (κ3) is 4.57. The maximum atomic E-state index is 10.7. The van der Waals surface area contributed by atoms with Gasteiger partial charge in [0.25, 0.3) is 5.89 Å². The van der Waals surface area contributed by atoms with Crippen LogP contribution in [0.2, 0.25) is 0 Å². The van der Waals surface area contributed by atoms with Gasteiger partial charge in [-0.05, 0) is 61.7 Å². The van der Waals surface area contributed by atoms with Crippen molar-refractivity contribution >= 4 is 11.0 Å². The summed E-state index contributed by atoms with van der Waals surface area (Å²) in [6, 6.07) is 13.5. The quantitative estimate of drug-likeness (QED) is 0.388. The lowest BCUT2D eigenvalue weighted by Gasteiger charge is -2.33. The Morgan fingerprint density at radius 2 is 1.92 bits per heavy atom. The van der Waals surface area contributed by atoms with Crippen molar-refractivity contribution in [1.82, 2.24) is 15.1 Å². The van der Waals surface area contributed by atoms with E-state index in [0.29, 0.717) is 36.3 Å². The number of aliphatic hydroxyl groups is 1. The zero-order valence-corrected chi connectivity index (χ0v) is 19.9. The molecule has 2 aliphatic heterocycles. The molecule has 1 N–H and O–H groups in total. The summed E-state index contributed by atoms with van der Waals surface area (Å²) in [5, 5.41) is 19.1. The molecule has 0 unspecified atom stereocenters. The molecule has 4 aromatic rings. The van der Waals surface area contributed by atoms with Gasteiger partial charge in [0.05, 0.1) is 12.5 Å². The van der Waals surface area contributed by atoms with E-state index in [0.717, 1.165) is 42.8 Å². The normalized spacial score (nSPS) is 16.9. The number of ether oxygens (including phenoxy) is 4. The maximum absolute atomic E-state index is 10.7. The molecule has 188 valence electrons. The predicted molar refractivity (Wildman–Crippen MR) is 129 cm³/mol. The Labute approximate surface area is 207 Å². The van der Waals surface area contributed by atoms with Gasteiger partial charge in [0.1, 0.15) is 24.0 Å². The van der Waals surface area contributed by atoms with E-state index in [4.69, 9.17) is 27.8 Å². The summed E-state index contributed by atoms with van der Waals surface area (Å²) in [7, 11) is 1.45. The minimum Gasteiger partial charge on any atom is -0.490 e. The van der Waals surface area contributed by atoms with Gasteiger partial charge in [-0.1, -0.05) is 17.2 Å². The first-order valence-electron chi connectivity index (χ1n) is 12.0. The predicted octanol–water partition coefficient (Wildman–Crippen LogP) is 3.84. The number of fused-ring (bicyclic) bond motifs is 2. The van der Waals surface area contributed by atoms with Crippen LogP contribution in [0.4, 0.5) is 0 Å². The molecule has 1 atom stereocenters. The number of hydrogen-bond acceptors (Lipinski definition) is 10. The van der Waals surface area contributed by atoms with E-state index >= 15 is 0 Å². The van der Waals surface area contributed by atoms with Gasteiger partial charge < -0.3 is 37.8 Å². The van der Waals surface area contributed by atoms with Gasteiger partial charge in [-0.3, -0.25) is 0 Å². The van der Waals surface area contributed by atoms with Crippen molar-refractivity contribution in [3.8, 4) is 35.0 Å². The standard InChI is InChI=1S/C26H27N3O7/c1-31-26-28-27-25(36-26)24-12-19-20(3-2-4-21(19)35-24)32-14-18(30)13-29-9-7-16(8-10-29)17-5-6-22-23(11-17)34-15-33-22/h2-6,11-12,16,18,30H,7-10,13-15H2,1H3/t18-/m0/s1. The average molecular weight is 494 g/mol. The molecular weight excluding hydrogens is 466 g/mol. The number of β-amino-alcohol motifs (C(OH)–C–C–N with tert-alkyl or cyclic N) is 1. The Morgan fingerprint density at radius 1 is 1.06 bits per heavy atom. The second kappa shape index (κ2) is 9.71. The molecule has 0 spiro atoms. The number of piperidine rings is 1. The van der Waals surface area contributed by atoms with Crippen LogP contribution < -0.4 is 18.9 Å². The topological polar surface area (TPSA) is 112 Å². The second-order valence-electron chi connectivity index (χ2n) is 9.01. The number of nitrogens with zero attached hydrogens (tertiary/aromatic N) is 3. The van der Waals surface area contributed by atoms with Crippen molar-refractivity contribution in [3.05, 3.63) is 48.0 Å². The SMILES string of the molecule is COc1nnc(-c2cc3c(OC[C@@H](O)CN4CCC(c5ccc6c(c5)OCO6)CC4)cccc3o2)o1. The summed E-state index contributed by atoms with van der Waals surface area (Å²) >= 11 is 0. The number of furan rings is 1. The zero-order valence-electron chi connectivity index (χ0n) is 19.9. The monoisotopic (exact) mass is 493 g/mol. The van der Waals surface area contributed by atoms with Crippen LogP contribution in [0.25, 0.3) is 22.6 Å². The molecule has 2 aromatic carbocycles. The molecule has 1 fully saturated rings. The van der Waals surface area contributed by atoms with Gasteiger partial charge in [0, 0.05) is 12.6 Å². The van der Waals surface area contributed by atoms with E-state index in [1.165, 1.54) is 12.7 Å². The molecule has 6 rings (SSSR count). The molecule has 10 nitrogen and oxygen atoms in total. The van der Waals surface area contributed by atoms with E-state index < -0.39 is 6.10 Å². The van der Waals surface area contributed by atoms with E-state index in [2.05, 4.69) is 27.2 Å². The van der Waals surface area contributed by atoms with Gasteiger partial charge in [-0.25, -0.2) is 0 Å². The summed E-state index contributed by atoms with van der Waals surface area (Å²) in [4.78, 5) is 2.29. The largest absolute Gasteiger partial charge is 0.490 e. The number of aromatic nitrogens is 2. The van der Waals surface area contributed by atoms with Gasteiger partial charge in [0.15, 0.2) is 17.3 Å². The fourth-order valence-electron chi connectivity index (χ4n) is 4.81. The van der Waals surface area contributed by atoms with Crippen LogP contribution in [0.15, 0.2) is 51.3 Å². The molecular formula is C26H27N3O7. The number of hydrogen-bond donors (Lipinski definition) is 1. The molecule has 10 heteroatoms. The van der Waals surface area contributed by atoms with E-state index in [1.807, 2.05) is 24.3 Å². The molecule has 2 aromatic heterocycles. The molecule has 0 radical (unpaired) electrons. The number of methoxy groups -OCH3 is 1. The van der Waals surface area contributed by atoms with Crippen molar-refractivity contribution in [2.24, 2.45) is 0 Å². The second-order valence-corrected chi connectivity index (χ2v) is 9.01. The van der Waals surface area contributed by atoms with Gasteiger partial charge in [-0.15, -0.1) is 5.10 Å². The lowest BCUT2D eigenvalue weighted by atomic mass is 9.89. The molecule has 0 aliphatic carbocycles. The number of likely N-dealkylation sites (tertiary alicyclic amines) is 1. The Hall–Kier alpha value is -3.76. The minimum atomic E-state index is -0.617. The van der Waals surface area contributed by atoms with Gasteiger partial charge in [-0.2, -0.15) is 0 Å². The smallest absolute Gasteiger partial charge is 0.414 e. The lowest BCUT2D eigenvalue weighted by molar-refractivity contribution is 0.0599. The van der Waals surface area contributed by atoms with Crippen LogP contribution in [0.5, 0.6) is 23.3 Å². The first-order valence-corrected chi connectivity index (χ1v) is 12.0. The van der Waals surface area contributed by atoms with Crippen LogP contribution in [0.1, 0.15) is 24.3 Å². The van der Waals surface area contributed by atoms with Crippen molar-refractivity contribution < 1.29 is 32.9 Å². The van der Waals surface area contributed by atoms with Crippen LogP contribution in [-0.4, -0.2) is 66.5 Å². The molecule has 1 saturated heterocycles. The molecule has 0 amide bonds. The first kappa shape index (κ1) is 22.7. The van der Waals surface area contributed by atoms with E-state index in [1.54, 1.807) is 6.07 Å². The van der Waals surface area contributed by atoms with Gasteiger partial charge in [0.2, 0.25) is 6.79 Å². The molecule has 2 aliphatic rings. The Balaban J connectivity index is 1.03. The third-order valence-corrected chi connectivity index (χ3v) is 6.67. The third-order valence-electron chi connectivity index (χ3n) is 6.67. The fraction of sp³-hybridized carbons (Fsp3) is 0.385. The van der Waals surface area contributed by atoms with Crippen LogP contribution in [0, 0.1) is 0 Å². The summed E-state index contributed by atoms with van der Waals surface area (Å²) in [5.41, 5.74) is 1.91. The summed E-state index contributed by atoms with van der Waals surface area (Å²) < 4.78 is 33.1. The van der Waals surface area contributed by atoms with Gasteiger partial charge >= 0.3 is 6.08 Å². The zero-order chi connectivity index (χ0) is 24.5. The minimum absolute atomic E-state index is 0.0602. The van der Waals surface area contributed by atoms with E-state index in [-0.39, 0.29) is 18.6 Å². The highest BCUT2D eigenvalue weighted by molar-refractivity contribution is 5.87. The highest BCUT2D eigenvalue weighted by atomic mass is 16.7. The van der Waals surface area contributed by atoms with Crippen molar-refractivity contribution in [2.45, 2.75) is 24.9 Å². The van der Waals surface area contributed by atoms with Crippen LogP contribution in [0.3, 0.4) is 0 Å². The van der Waals surface area contributed by atoms with Crippen molar-refractivity contribution in [2.75, 3.05) is 40.1 Å². The van der Waals surface area contributed by atoms with Crippen molar-refractivity contribution in [3.63, 3.8) is 0 Å². The van der Waals surface area contributed by atoms with Crippen molar-refractivity contribution in [1.29, 1.82) is 0 Å². The number of aliphatic hydroxyl groups excluding tert-OH is 1. The highest BCUT2D eigenvalue weighted by Crippen LogP contribution is 2.37. The fourth-order valence-corrected chi connectivity index (χ4v) is 4.81. The summed E-state index contributed by atoms with van der Waals surface area (Å²) in [6.07, 6.45) is 1.51. The Bertz CT molecular complexity index is 1340. The molecule has 36 heavy (non-hydrogen) atoms. The maximum Gasteiger partial charge on any atom is 0.414 e. The Morgan fingerprint density at radius 3 is 2.75 bits per heavy atom. The summed E-state index contributed by atoms with van der Waals surface area (Å²) in [5.74, 6) is 3.39. The number of benzene rings is 2. The molecule has 4 heterocycles. The summed E-state index contributed by atoms with van der Waals surface area (Å²) in [6.45, 7) is 2.87. The number of rotatable bonds is 8. The molecule has 0 saturated carbocycles. The van der Waals surface area contributed by atoms with Crippen LogP contribution in [-0.2, 0) is 0 Å². The van der Waals surface area contributed by atoms with Crippen LogP contribution >= 0.6 is 0 Å².